The number of allylic oxidation sites excluding steroid dienone is 6. The summed E-state index contributed by atoms with van der Waals surface area (Å²) in [6.45, 7) is 11.0. The van der Waals surface area contributed by atoms with Crippen LogP contribution in [0.3, 0.4) is 0 Å². The molecule has 3 aliphatic carbocycles. The molecule has 2 heteroatoms. The summed E-state index contributed by atoms with van der Waals surface area (Å²) in [4.78, 5) is 0. The van der Waals surface area contributed by atoms with Crippen molar-refractivity contribution in [3.8, 4) is 0 Å². The van der Waals surface area contributed by atoms with E-state index in [2.05, 4.69) is 44.7 Å². The molecule has 0 spiro atoms. The fourth-order valence-corrected chi connectivity index (χ4v) is 6.54. The van der Waals surface area contributed by atoms with E-state index in [1.54, 1.807) is 5.57 Å². The maximum Gasteiger partial charge on any atom is 0.0682 e. The van der Waals surface area contributed by atoms with Gasteiger partial charge < -0.3 is 10.2 Å². The summed E-state index contributed by atoms with van der Waals surface area (Å²) < 4.78 is 0. The van der Waals surface area contributed by atoms with Crippen LogP contribution in [0.1, 0.15) is 91.4 Å². The van der Waals surface area contributed by atoms with Gasteiger partial charge in [-0.25, -0.2) is 0 Å². The Morgan fingerprint density at radius 3 is 2.63 bits per heavy atom. The molecule has 3 aliphatic rings. The zero-order chi connectivity index (χ0) is 21.8. The number of hydrogen-bond donors (Lipinski definition) is 2. The highest BCUT2D eigenvalue weighted by molar-refractivity contribution is 5.33. The van der Waals surface area contributed by atoms with Crippen molar-refractivity contribution in [3.05, 3.63) is 47.6 Å². The fraction of sp³-hybridized carbons (Fsp3) is 0.714. The van der Waals surface area contributed by atoms with Gasteiger partial charge >= 0.3 is 0 Å². The first kappa shape index (κ1) is 23.5. The molecule has 3 fully saturated rings. The van der Waals surface area contributed by atoms with Crippen molar-refractivity contribution in [3.63, 3.8) is 0 Å². The van der Waals surface area contributed by atoms with Crippen molar-refractivity contribution in [1.82, 2.24) is 0 Å². The van der Waals surface area contributed by atoms with E-state index in [0.29, 0.717) is 17.3 Å². The lowest BCUT2D eigenvalue weighted by molar-refractivity contribution is 0.0387. The molecule has 5 unspecified atom stereocenters. The summed E-state index contributed by atoms with van der Waals surface area (Å²) in [7, 11) is 0. The predicted octanol–water partition coefficient (Wildman–Crippen LogP) is 6.90. The Labute approximate surface area is 184 Å². The van der Waals surface area contributed by atoms with Crippen LogP contribution in [0.15, 0.2) is 47.6 Å². The van der Waals surface area contributed by atoms with Gasteiger partial charge in [0.15, 0.2) is 0 Å². The summed E-state index contributed by atoms with van der Waals surface area (Å²) in [5, 5.41) is 19.7. The summed E-state index contributed by atoms with van der Waals surface area (Å²) in [5.74, 6) is 1.81. The van der Waals surface area contributed by atoms with Gasteiger partial charge in [-0.3, -0.25) is 0 Å². The highest BCUT2D eigenvalue weighted by Crippen LogP contribution is 2.58. The lowest BCUT2D eigenvalue weighted by atomic mass is 9.63. The van der Waals surface area contributed by atoms with Crippen LogP contribution in [-0.4, -0.2) is 22.4 Å². The molecule has 2 N–H and O–H groups in total. The molecule has 0 bridgehead atoms. The third-order valence-electron chi connectivity index (χ3n) is 8.60. The number of rotatable bonds is 8. The third-order valence-corrected chi connectivity index (χ3v) is 8.60. The molecule has 5 atom stereocenters. The van der Waals surface area contributed by atoms with E-state index in [0.717, 1.165) is 50.0 Å². The molecule has 0 aromatic heterocycles. The SMILES string of the molecule is C=C(C)/C(=C\C=C1/CCCC2(C)C(C/C=C/C3CCCC3(C)O)CCC12)CCCO. The Morgan fingerprint density at radius 1 is 1.17 bits per heavy atom. The standard InChI is InChI=1S/C28H44O2/c1-21(2)22(10-8-20-29)14-15-23-9-6-18-27(3)24(16-17-26(23)27)11-5-12-25-13-7-19-28(25,4)30/h5,12,14-15,24-26,29-30H,1,6-11,13,16-20H2,2-4H3/b12-5+,22-14-,23-15+. The van der Waals surface area contributed by atoms with Gasteiger partial charge in [0.1, 0.15) is 0 Å². The molecule has 0 aromatic carbocycles. The minimum Gasteiger partial charge on any atom is -0.396 e. The summed E-state index contributed by atoms with van der Waals surface area (Å²) in [6.07, 6.45) is 22.0. The van der Waals surface area contributed by atoms with E-state index < -0.39 is 5.60 Å². The average molecular weight is 413 g/mol. The van der Waals surface area contributed by atoms with Gasteiger partial charge in [0.2, 0.25) is 0 Å². The first-order valence-electron chi connectivity index (χ1n) is 12.3. The molecule has 0 saturated heterocycles. The molecule has 0 radical (unpaired) electrons. The first-order chi connectivity index (χ1) is 14.3. The lowest BCUT2D eigenvalue weighted by Crippen LogP contribution is -2.33. The highest BCUT2D eigenvalue weighted by atomic mass is 16.3. The third kappa shape index (κ3) is 5.19. The Bertz CT molecular complexity index is 695. The normalized spacial score (nSPS) is 38.5. The topological polar surface area (TPSA) is 40.5 Å². The average Bonchev–Trinajstić information content (AvgIpc) is 3.20. The quantitative estimate of drug-likeness (QED) is 0.336. The van der Waals surface area contributed by atoms with Crippen LogP contribution in [-0.2, 0) is 0 Å². The van der Waals surface area contributed by atoms with Crippen LogP contribution < -0.4 is 0 Å². The highest BCUT2D eigenvalue weighted by Gasteiger charge is 2.48. The lowest BCUT2D eigenvalue weighted by Gasteiger charge is -2.42. The Balaban J connectivity index is 1.68. The van der Waals surface area contributed by atoms with Gasteiger partial charge in [0.05, 0.1) is 5.60 Å². The van der Waals surface area contributed by atoms with Crippen molar-refractivity contribution in [2.75, 3.05) is 6.61 Å². The molecular formula is C28H44O2. The Kier molecular flexibility index (Phi) is 7.85. The number of aliphatic hydroxyl groups excluding tert-OH is 1. The number of hydrogen-bond acceptors (Lipinski definition) is 2. The second-order valence-electron chi connectivity index (χ2n) is 10.7. The van der Waals surface area contributed by atoms with Gasteiger partial charge in [0.25, 0.3) is 0 Å². The van der Waals surface area contributed by atoms with Crippen LogP contribution in [0.4, 0.5) is 0 Å². The zero-order valence-corrected chi connectivity index (χ0v) is 19.6. The molecule has 0 heterocycles. The van der Waals surface area contributed by atoms with E-state index in [4.69, 9.17) is 0 Å². The van der Waals surface area contributed by atoms with Crippen LogP contribution in [0, 0.1) is 23.2 Å². The number of aliphatic hydroxyl groups is 2. The van der Waals surface area contributed by atoms with E-state index >= 15 is 0 Å². The second kappa shape index (κ2) is 10.0. The van der Waals surface area contributed by atoms with Crippen LogP contribution in [0.2, 0.25) is 0 Å². The molecule has 0 aromatic rings. The van der Waals surface area contributed by atoms with Crippen LogP contribution >= 0.6 is 0 Å². The molecule has 2 nitrogen and oxygen atoms in total. The molecule has 0 amide bonds. The minimum atomic E-state index is -0.497. The molecule has 30 heavy (non-hydrogen) atoms. The predicted molar refractivity (Wildman–Crippen MR) is 127 cm³/mol. The molecule has 3 rings (SSSR count). The summed E-state index contributed by atoms with van der Waals surface area (Å²) >= 11 is 0. The van der Waals surface area contributed by atoms with Gasteiger partial charge in [-0.05, 0) is 107 Å². The van der Waals surface area contributed by atoms with Crippen molar-refractivity contribution in [2.24, 2.45) is 23.2 Å². The Morgan fingerprint density at radius 2 is 1.97 bits per heavy atom. The maximum absolute atomic E-state index is 10.5. The van der Waals surface area contributed by atoms with Gasteiger partial charge in [-0.15, -0.1) is 0 Å². The largest absolute Gasteiger partial charge is 0.396 e. The second-order valence-corrected chi connectivity index (χ2v) is 10.7. The van der Waals surface area contributed by atoms with Gasteiger partial charge in [-0.2, -0.15) is 0 Å². The van der Waals surface area contributed by atoms with Crippen LogP contribution in [0.25, 0.3) is 0 Å². The van der Waals surface area contributed by atoms with Crippen molar-refractivity contribution in [1.29, 1.82) is 0 Å². The monoisotopic (exact) mass is 412 g/mol. The van der Waals surface area contributed by atoms with E-state index in [-0.39, 0.29) is 6.61 Å². The zero-order valence-electron chi connectivity index (χ0n) is 19.6. The molecule has 168 valence electrons. The maximum atomic E-state index is 10.5. The smallest absolute Gasteiger partial charge is 0.0682 e. The van der Waals surface area contributed by atoms with E-state index in [1.807, 2.05) is 6.92 Å². The Hall–Kier alpha value is -1.12. The first-order valence-corrected chi connectivity index (χ1v) is 12.3. The van der Waals surface area contributed by atoms with Crippen LogP contribution in [0.5, 0.6) is 0 Å². The molecule has 3 saturated carbocycles. The number of fused-ring (bicyclic) bond motifs is 1. The summed E-state index contributed by atoms with van der Waals surface area (Å²) in [5.41, 5.74) is 3.95. The van der Waals surface area contributed by atoms with Gasteiger partial charge in [-0.1, -0.05) is 49.0 Å². The summed E-state index contributed by atoms with van der Waals surface area (Å²) in [6, 6.07) is 0. The van der Waals surface area contributed by atoms with Gasteiger partial charge in [0, 0.05) is 12.5 Å². The molecular weight excluding hydrogens is 368 g/mol. The molecule has 0 aliphatic heterocycles. The van der Waals surface area contributed by atoms with E-state index in [1.165, 1.54) is 37.7 Å². The van der Waals surface area contributed by atoms with Crippen molar-refractivity contribution >= 4 is 0 Å². The van der Waals surface area contributed by atoms with Crippen molar-refractivity contribution < 1.29 is 10.2 Å². The van der Waals surface area contributed by atoms with Crippen molar-refractivity contribution in [2.45, 2.75) is 97.0 Å². The van der Waals surface area contributed by atoms with E-state index in [9.17, 15) is 10.2 Å². The fourth-order valence-electron chi connectivity index (χ4n) is 6.54. The minimum absolute atomic E-state index is 0.243.